The summed E-state index contributed by atoms with van der Waals surface area (Å²) in [6.45, 7) is 2.17. The molecule has 1 aromatic heterocycles. The summed E-state index contributed by atoms with van der Waals surface area (Å²) in [6, 6.07) is 8.80. The molecule has 0 fully saturated rings. The van der Waals surface area contributed by atoms with Gasteiger partial charge < -0.3 is 9.47 Å². The number of aromatic nitrogens is 1. The van der Waals surface area contributed by atoms with E-state index in [4.69, 9.17) is 44.3 Å². The molecule has 0 saturated carbocycles. The van der Waals surface area contributed by atoms with Crippen molar-refractivity contribution in [3.8, 4) is 11.5 Å². The molecule has 0 unspecified atom stereocenters. The van der Waals surface area contributed by atoms with Crippen LogP contribution in [0.3, 0.4) is 0 Å². The Morgan fingerprint density at radius 1 is 1.11 bits per heavy atom. The van der Waals surface area contributed by atoms with Crippen molar-refractivity contribution in [1.82, 2.24) is 4.98 Å². The van der Waals surface area contributed by atoms with E-state index in [1.807, 2.05) is 30.5 Å². The van der Waals surface area contributed by atoms with Crippen LogP contribution in [0.2, 0.25) is 15.1 Å². The van der Waals surface area contributed by atoms with Crippen molar-refractivity contribution >= 4 is 57.5 Å². The number of hydrogen-bond donors (Lipinski definition) is 1. The summed E-state index contributed by atoms with van der Waals surface area (Å²) in [5, 5.41) is 8.03. The molecule has 0 aliphatic carbocycles. The molecular weight excluding hydrogens is 441 g/mol. The first kappa shape index (κ1) is 20.7. The van der Waals surface area contributed by atoms with Gasteiger partial charge in [-0.05, 0) is 36.8 Å². The lowest BCUT2D eigenvalue weighted by atomic mass is 10.1. The van der Waals surface area contributed by atoms with E-state index in [0.717, 1.165) is 22.0 Å². The lowest BCUT2D eigenvalue weighted by Gasteiger charge is -2.12. The zero-order valence-corrected chi connectivity index (χ0v) is 18.1. The molecule has 0 bridgehead atoms. The summed E-state index contributed by atoms with van der Waals surface area (Å²) in [5.74, 6) is 1.13. The summed E-state index contributed by atoms with van der Waals surface area (Å²) in [5.41, 5.74) is 5.57. The van der Waals surface area contributed by atoms with E-state index in [2.05, 4.69) is 15.5 Å². The van der Waals surface area contributed by atoms with Crippen molar-refractivity contribution in [1.29, 1.82) is 0 Å². The van der Waals surface area contributed by atoms with Gasteiger partial charge in [-0.15, -0.1) is 11.3 Å². The highest BCUT2D eigenvalue weighted by molar-refractivity contribution is 7.13. The molecule has 1 N–H and O–H groups in total. The van der Waals surface area contributed by atoms with Crippen molar-refractivity contribution in [3.63, 3.8) is 0 Å². The van der Waals surface area contributed by atoms with Crippen molar-refractivity contribution in [2.24, 2.45) is 5.10 Å². The molecule has 0 radical (unpaired) electrons. The van der Waals surface area contributed by atoms with E-state index in [1.165, 1.54) is 11.3 Å². The molecule has 0 spiro atoms. The Balaban J connectivity index is 1.73. The van der Waals surface area contributed by atoms with Crippen LogP contribution in [-0.4, -0.2) is 18.3 Å². The summed E-state index contributed by atoms with van der Waals surface area (Å²) < 4.78 is 11.2. The van der Waals surface area contributed by atoms with E-state index < -0.39 is 0 Å². The largest absolute Gasteiger partial charge is 0.496 e. The van der Waals surface area contributed by atoms with Crippen LogP contribution in [0.15, 0.2) is 40.8 Å². The highest BCUT2D eigenvalue weighted by Gasteiger charge is 2.10. The number of aryl methyl sites for hydroxylation is 1. The van der Waals surface area contributed by atoms with E-state index in [1.54, 1.807) is 25.5 Å². The topological polar surface area (TPSA) is 55.7 Å². The zero-order chi connectivity index (χ0) is 20.1. The lowest BCUT2D eigenvalue weighted by molar-refractivity contribution is 0.297. The third-order valence-corrected chi connectivity index (χ3v) is 5.54. The van der Waals surface area contributed by atoms with Crippen LogP contribution >= 0.6 is 46.1 Å². The molecule has 1 heterocycles. The van der Waals surface area contributed by atoms with Crippen LogP contribution in [0.1, 0.15) is 16.8 Å². The van der Waals surface area contributed by atoms with Gasteiger partial charge >= 0.3 is 0 Å². The van der Waals surface area contributed by atoms with Gasteiger partial charge in [0.1, 0.15) is 18.1 Å². The smallest absolute Gasteiger partial charge is 0.203 e. The number of thiazole rings is 1. The third-order valence-electron chi connectivity index (χ3n) is 3.66. The number of methoxy groups -OCH3 is 1. The molecule has 9 heteroatoms. The zero-order valence-electron chi connectivity index (χ0n) is 15.0. The average Bonchev–Trinajstić information content (AvgIpc) is 3.09. The number of nitrogens with one attached hydrogen (secondary N) is 1. The van der Waals surface area contributed by atoms with Gasteiger partial charge in [-0.25, -0.2) is 4.98 Å². The SMILES string of the molecule is COc1ccc(C=NNc2nc(C)cs2)cc1COc1cc(Cl)c(Cl)cc1Cl. The molecule has 146 valence electrons. The van der Waals surface area contributed by atoms with Crippen molar-refractivity contribution in [2.75, 3.05) is 12.5 Å². The van der Waals surface area contributed by atoms with Crippen LogP contribution in [0.25, 0.3) is 0 Å². The van der Waals surface area contributed by atoms with Crippen LogP contribution in [0.5, 0.6) is 11.5 Å². The van der Waals surface area contributed by atoms with Gasteiger partial charge in [0, 0.05) is 17.0 Å². The number of anilines is 1. The maximum atomic E-state index is 6.17. The number of hydrogen-bond acceptors (Lipinski definition) is 6. The maximum absolute atomic E-state index is 6.17. The minimum absolute atomic E-state index is 0.238. The Labute approximate surface area is 181 Å². The molecule has 5 nitrogen and oxygen atoms in total. The molecule has 0 atom stereocenters. The number of nitrogens with zero attached hydrogens (tertiary/aromatic N) is 2. The number of benzene rings is 2. The van der Waals surface area contributed by atoms with Gasteiger partial charge in [-0.1, -0.05) is 34.8 Å². The Morgan fingerprint density at radius 2 is 1.89 bits per heavy atom. The van der Waals surface area contributed by atoms with Crippen molar-refractivity contribution < 1.29 is 9.47 Å². The first-order chi connectivity index (χ1) is 13.5. The Morgan fingerprint density at radius 3 is 2.61 bits per heavy atom. The normalized spacial score (nSPS) is 11.0. The number of rotatable bonds is 7. The number of halogens is 3. The second-order valence-electron chi connectivity index (χ2n) is 5.72. The van der Waals surface area contributed by atoms with Crippen LogP contribution < -0.4 is 14.9 Å². The fourth-order valence-corrected chi connectivity index (χ4v) is 3.56. The molecule has 28 heavy (non-hydrogen) atoms. The first-order valence-corrected chi connectivity index (χ1v) is 10.1. The molecule has 3 rings (SSSR count). The van der Waals surface area contributed by atoms with E-state index in [9.17, 15) is 0 Å². The van der Waals surface area contributed by atoms with Gasteiger partial charge in [0.05, 0.1) is 34.1 Å². The summed E-state index contributed by atoms with van der Waals surface area (Å²) in [6.07, 6.45) is 1.70. The highest BCUT2D eigenvalue weighted by Crippen LogP contribution is 2.34. The standard InChI is InChI=1S/C19H16Cl3N3O2S/c1-11-10-28-19(24-11)25-23-8-12-3-4-17(26-2)13(5-12)9-27-18-7-15(21)14(20)6-16(18)22/h3-8,10H,9H2,1-2H3,(H,24,25). The lowest BCUT2D eigenvalue weighted by Crippen LogP contribution is -2.01. The molecular formula is C19H16Cl3N3O2S. The molecule has 0 aliphatic rings. The Hall–Kier alpha value is -1.99. The van der Waals surface area contributed by atoms with Crippen LogP contribution in [-0.2, 0) is 6.61 Å². The van der Waals surface area contributed by atoms with Gasteiger partial charge in [-0.3, -0.25) is 5.43 Å². The summed E-state index contributed by atoms with van der Waals surface area (Å²) in [4.78, 5) is 4.29. The molecule has 2 aromatic carbocycles. The third kappa shape index (κ3) is 5.29. The fourth-order valence-electron chi connectivity index (χ4n) is 2.33. The van der Waals surface area contributed by atoms with E-state index >= 15 is 0 Å². The fraction of sp³-hybridized carbons (Fsp3) is 0.158. The summed E-state index contributed by atoms with van der Waals surface area (Å²) in [7, 11) is 1.60. The number of hydrazone groups is 1. The predicted molar refractivity (Wildman–Crippen MR) is 117 cm³/mol. The van der Waals surface area contributed by atoms with Gasteiger partial charge in [0.25, 0.3) is 0 Å². The van der Waals surface area contributed by atoms with E-state index in [-0.39, 0.29) is 6.61 Å². The monoisotopic (exact) mass is 455 g/mol. The summed E-state index contributed by atoms with van der Waals surface area (Å²) >= 11 is 19.6. The van der Waals surface area contributed by atoms with Crippen LogP contribution in [0.4, 0.5) is 5.13 Å². The highest BCUT2D eigenvalue weighted by atomic mass is 35.5. The van der Waals surface area contributed by atoms with Gasteiger partial charge in [0.2, 0.25) is 5.13 Å². The first-order valence-electron chi connectivity index (χ1n) is 8.11. The predicted octanol–water partition coefficient (Wildman–Crippen LogP) is 6.45. The molecule has 3 aromatic rings. The quantitative estimate of drug-likeness (QED) is 0.252. The number of ether oxygens (including phenoxy) is 2. The molecule has 0 aliphatic heterocycles. The van der Waals surface area contributed by atoms with Crippen LogP contribution in [0, 0.1) is 6.92 Å². The van der Waals surface area contributed by atoms with Crippen molar-refractivity contribution in [2.45, 2.75) is 13.5 Å². The minimum Gasteiger partial charge on any atom is -0.496 e. The van der Waals surface area contributed by atoms with E-state index in [0.29, 0.717) is 26.6 Å². The second-order valence-corrected chi connectivity index (χ2v) is 7.80. The van der Waals surface area contributed by atoms with Crippen molar-refractivity contribution in [3.05, 3.63) is 67.6 Å². The second kappa shape index (κ2) is 9.47. The molecule has 0 saturated heterocycles. The minimum atomic E-state index is 0.238. The Kier molecular flexibility index (Phi) is 7.02. The van der Waals surface area contributed by atoms with Gasteiger partial charge in [-0.2, -0.15) is 5.10 Å². The van der Waals surface area contributed by atoms with Gasteiger partial charge in [0.15, 0.2) is 0 Å². The average molecular weight is 457 g/mol. The molecule has 0 amide bonds. The Bertz CT molecular complexity index is 1010. The maximum Gasteiger partial charge on any atom is 0.203 e.